The third-order valence-corrected chi connectivity index (χ3v) is 5.35. The van der Waals surface area contributed by atoms with Gasteiger partial charge in [-0.05, 0) is 37.6 Å². The summed E-state index contributed by atoms with van der Waals surface area (Å²) in [6.45, 7) is 4.07. The van der Waals surface area contributed by atoms with Crippen molar-refractivity contribution in [2.45, 2.75) is 51.4 Å². The number of furan rings is 1. The summed E-state index contributed by atoms with van der Waals surface area (Å²) in [4.78, 5) is 36.5. The number of carboxylic acids is 3. The average molecular weight is 538 g/mol. The Morgan fingerprint density at radius 1 is 1.03 bits per heavy atom. The van der Waals surface area contributed by atoms with Crippen LogP contribution in [0.25, 0.3) is 0 Å². The van der Waals surface area contributed by atoms with E-state index in [-0.39, 0.29) is 12.1 Å². The van der Waals surface area contributed by atoms with Crippen molar-refractivity contribution >= 4 is 17.9 Å². The van der Waals surface area contributed by atoms with Crippen LogP contribution in [0.5, 0.6) is 0 Å². The monoisotopic (exact) mass is 537 g/mol. The number of hydrogen-bond acceptors (Lipinski definition) is 7. The van der Waals surface area contributed by atoms with Crippen LogP contribution in [0.4, 0.5) is 8.78 Å². The van der Waals surface area contributed by atoms with Crippen LogP contribution in [0.3, 0.4) is 0 Å². The molecule has 3 rings (SSSR count). The van der Waals surface area contributed by atoms with Crippen LogP contribution in [-0.2, 0) is 34.0 Å². The Labute approximate surface area is 216 Å². The lowest BCUT2D eigenvalue weighted by Gasteiger charge is -2.22. The second-order valence-corrected chi connectivity index (χ2v) is 8.56. The average Bonchev–Trinajstić information content (AvgIpc) is 3.47. The normalized spacial score (nSPS) is 11.2. The molecule has 0 atom stereocenters. The number of halogens is 2. The molecule has 38 heavy (non-hydrogen) atoms. The topological polar surface area (TPSA) is 166 Å². The highest BCUT2D eigenvalue weighted by Crippen LogP contribution is 2.18. The first-order chi connectivity index (χ1) is 17.9. The highest BCUT2D eigenvalue weighted by molar-refractivity contribution is 5.88. The molecule has 11 nitrogen and oxygen atoms in total. The van der Waals surface area contributed by atoms with E-state index >= 15 is 0 Å². The second-order valence-electron chi connectivity index (χ2n) is 8.56. The zero-order chi connectivity index (χ0) is 28.3. The predicted molar refractivity (Wildman–Crippen MR) is 128 cm³/mol. The molecule has 0 aliphatic carbocycles. The van der Waals surface area contributed by atoms with Gasteiger partial charge in [-0.3, -0.25) is 14.5 Å². The van der Waals surface area contributed by atoms with E-state index in [4.69, 9.17) is 24.8 Å². The summed E-state index contributed by atoms with van der Waals surface area (Å²) < 4.78 is 35.6. The molecule has 1 aromatic carbocycles. The first-order valence-electron chi connectivity index (χ1n) is 11.5. The van der Waals surface area contributed by atoms with Crippen molar-refractivity contribution in [3.8, 4) is 0 Å². The number of benzene rings is 1. The fraction of sp³-hybridized carbons (Fsp3) is 0.360. The Morgan fingerprint density at radius 2 is 1.66 bits per heavy atom. The summed E-state index contributed by atoms with van der Waals surface area (Å²) in [7, 11) is 0. The zero-order valence-corrected chi connectivity index (χ0v) is 20.6. The summed E-state index contributed by atoms with van der Waals surface area (Å²) in [5.74, 6) is -4.44. The van der Waals surface area contributed by atoms with Gasteiger partial charge in [0.25, 0.3) is 0 Å². The van der Waals surface area contributed by atoms with Gasteiger partial charge in [0.05, 0.1) is 25.7 Å². The Morgan fingerprint density at radius 3 is 2.13 bits per heavy atom. The van der Waals surface area contributed by atoms with Gasteiger partial charge in [0.15, 0.2) is 5.60 Å². The van der Waals surface area contributed by atoms with E-state index in [2.05, 4.69) is 4.98 Å². The number of hydrogen-bond donors (Lipinski definition) is 4. The zero-order valence-electron chi connectivity index (χ0n) is 20.6. The molecule has 0 bridgehead atoms. The van der Waals surface area contributed by atoms with Gasteiger partial charge in [0.2, 0.25) is 0 Å². The highest BCUT2D eigenvalue weighted by Gasteiger charge is 2.40. The van der Waals surface area contributed by atoms with E-state index in [0.717, 1.165) is 24.5 Å². The first kappa shape index (κ1) is 30.1. The molecular weight excluding hydrogens is 508 g/mol. The summed E-state index contributed by atoms with van der Waals surface area (Å²) in [5.41, 5.74) is -2.65. The van der Waals surface area contributed by atoms with Gasteiger partial charge in [0, 0.05) is 37.6 Å². The van der Waals surface area contributed by atoms with Crippen molar-refractivity contribution < 1.29 is 48.0 Å². The molecule has 0 unspecified atom stereocenters. The maximum atomic E-state index is 14.0. The standard InChI is InChI=1S/C19H21F2N3O.C6H8O7/c1-15-6-7-16(25-15)12-24(10-3-9-23-11-8-22-14-23)13-17-18(20)4-2-5-19(17)21;7-3(8)1-6(13,5(11)12)2-4(9)10/h2,4-8,11,14H,3,9-10,12-13H2,1H3;13H,1-2H2,(H,7,8)(H,9,10)(H,11,12). The number of aliphatic carboxylic acids is 3. The van der Waals surface area contributed by atoms with E-state index in [9.17, 15) is 23.2 Å². The molecule has 2 aromatic heterocycles. The first-order valence-corrected chi connectivity index (χ1v) is 11.5. The van der Waals surface area contributed by atoms with E-state index in [1.165, 1.54) is 18.2 Å². The number of aromatic nitrogens is 2. The van der Waals surface area contributed by atoms with Crippen molar-refractivity contribution in [2.24, 2.45) is 0 Å². The molecule has 0 aliphatic rings. The minimum atomic E-state index is -2.74. The van der Waals surface area contributed by atoms with Crippen molar-refractivity contribution in [2.75, 3.05) is 6.54 Å². The molecule has 4 N–H and O–H groups in total. The molecule has 206 valence electrons. The molecule has 2 heterocycles. The third-order valence-electron chi connectivity index (χ3n) is 5.35. The van der Waals surface area contributed by atoms with Crippen molar-refractivity contribution in [1.82, 2.24) is 14.5 Å². The van der Waals surface area contributed by atoms with Gasteiger partial charge in [-0.15, -0.1) is 0 Å². The number of rotatable bonds is 13. The van der Waals surface area contributed by atoms with Crippen LogP contribution in [-0.4, -0.2) is 64.9 Å². The lowest BCUT2D eigenvalue weighted by Crippen LogP contribution is -2.42. The smallest absolute Gasteiger partial charge is 0.336 e. The largest absolute Gasteiger partial charge is 0.481 e. The lowest BCUT2D eigenvalue weighted by atomic mass is 9.96. The fourth-order valence-electron chi connectivity index (χ4n) is 3.52. The van der Waals surface area contributed by atoms with Crippen molar-refractivity contribution in [3.05, 3.63) is 77.8 Å². The van der Waals surface area contributed by atoms with Gasteiger partial charge < -0.3 is 29.4 Å². The van der Waals surface area contributed by atoms with E-state index in [0.29, 0.717) is 13.1 Å². The van der Waals surface area contributed by atoms with Crippen LogP contribution in [0.1, 0.15) is 36.3 Å². The Bertz CT molecular complexity index is 1180. The molecule has 0 fully saturated rings. The van der Waals surface area contributed by atoms with Crippen LogP contribution in [0, 0.1) is 18.6 Å². The van der Waals surface area contributed by atoms with Gasteiger partial charge in [-0.2, -0.15) is 0 Å². The molecule has 0 spiro atoms. The minimum absolute atomic E-state index is 0.0911. The molecule has 0 saturated carbocycles. The van der Waals surface area contributed by atoms with Crippen LogP contribution >= 0.6 is 0 Å². The number of carbonyl (C=O) groups is 3. The molecule has 3 aromatic rings. The maximum Gasteiger partial charge on any atom is 0.336 e. The Kier molecular flexibility index (Phi) is 11.1. The quantitative estimate of drug-likeness (QED) is 0.255. The predicted octanol–water partition coefficient (Wildman–Crippen LogP) is 2.91. The summed E-state index contributed by atoms with van der Waals surface area (Å²) in [6, 6.07) is 7.75. The molecule has 0 aliphatic heterocycles. The van der Waals surface area contributed by atoms with Crippen LogP contribution in [0.15, 0.2) is 53.5 Å². The SMILES string of the molecule is Cc1ccc(CN(CCCn2ccnc2)Cc2c(F)cccc2F)o1.O=C(O)CC(O)(CC(=O)O)C(=O)O. The van der Waals surface area contributed by atoms with Crippen LogP contribution in [0.2, 0.25) is 0 Å². The summed E-state index contributed by atoms with van der Waals surface area (Å²) in [6.07, 6.45) is 3.95. The minimum Gasteiger partial charge on any atom is -0.481 e. The lowest BCUT2D eigenvalue weighted by molar-refractivity contribution is -0.170. The van der Waals surface area contributed by atoms with Gasteiger partial charge in [-0.1, -0.05) is 6.07 Å². The molecule has 0 radical (unpaired) electrons. The number of aliphatic hydroxyl groups is 1. The van der Waals surface area contributed by atoms with Gasteiger partial charge in [-0.25, -0.2) is 18.6 Å². The summed E-state index contributed by atoms with van der Waals surface area (Å²) in [5, 5.41) is 33.8. The summed E-state index contributed by atoms with van der Waals surface area (Å²) >= 11 is 0. The highest BCUT2D eigenvalue weighted by atomic mass is 19.1. The van der Waals surface area contributed by atoms with Crippen molar-refractivity contribution in [1.29, 1.82) is 0 Å². The van der Waals surface area contributed by atoms with E-state index in [1.807, 2.05) is 34.7 Å². The molecular formula is C25H29F2N3O8. The Balaban J connectivity index is 0.000000332. The molecule has 13 heteroatoms. The Hall–Kier alpha value is -4.10. The molecule has 0 amide bonds. The van der Waals surface area contributed by atoms with Crippen LogP contribution < -0.4 is 0 Å². The number of imidazole rings is 1. The number of nitrogens with zero attached hydrogens (tertiary/aromatic N) is 3. The van der Waals surface area contributed by atoms with Gasteiger partial charge >= 0.3 is 17.9 Å². The molecule has 0 saturated heterocycles. The van der Waals surface area contributed by atoms with Crippen molar-refractivity contribution in [3.63, 3.8) is 0 Å². The number of aryl methyl sites for hydroxylation is 2. The van der Waals surface area contributed by atoms with Gasteiger partial charge in [0.1, 0.15) is 23.2 Å². The third kappa shape index (κ3) is 9.75. The maximum absolute atomic E-state index is 14.0. The second kappa shape index (κ2) is 14.0. The number of carboxylic acid groups (broad SMARTS) is 3. The fourth-order valence-corrected chi connectivity index (χ4v) is 3.52. The van der Waals surface area contributed by atoms with E-state index in [1.54, 1.807) is 12.5 Å². The van der Waals surface area contributed by atoms with E-state index < -0.39 is 48.0 Å².